The summed E-state index contributed by atoms with van der Waals surface area (Å²) in [7, 11) is 1.13. The SMILES string of the molecule is COC(=O)c1c(N2C(C)=CC(C(F)(F)F)(C(F)(F)F)C(C#N)=C2N)sc2c1CCCCC2. The highest BCUT2D eigenvalue weighted by molar-refractivity contribution is 7.16. The van der Waals surface area contributed by atoms with Crippen LogP contribution in [0.5, 0.6) is 0 Å². The van der Waals surface area contributed by atoms with Gasteiger partial charge in [-0.05, 0) is 44.2 Å². The number of anilines is 1. The Kier molecular flexibility index (Phi) is 6.01. The number of rotatable bonds is 2. The third-order valence-electron chi connectivity index (χ3n) is 5.67. The zero-order chi connectivity index (χ0) is 24.1. The van der Waals surface area contributed by atoms with Crippen molar-refractivity contribution in [2.75, 3.05) is 12.0 Å². The number of ether oxygens (including phenoxy) is 1. The molecule has 32 heavy (non-hydrogen) atoms. The maximum Gasteiger partial charge on any atom is 0.411 e. The number of fused-ring (bicyclic) bond motifs is 1. The van der Waals surface area contributed by atoms with Crippen molar-refractivity contribution in [2.45, 2.75) is 51.4 Å². The second kappa shape index (κ2) is 8.03. The molecule has 0 spiro atoms. The maximum atomic E-state index is 13.8. The van der Waals surface area contributed by atoms with E-state index in [4.69, 9.17) is 10.5 Å². The molecule has 174 valence electrons. The van der Waals surface area contributed by atoms with Crippen LogP contribution in [-0.2, 0) is 17.6 Å². The van der Waals surface area contributed by atoms with Crippen LogP contribution in [0.2, 0.25) is 0 Å². The fraction of sp³-hybridized carbons (Fsp3) is 0.500. The van der Waals surface area contributed by atoms with Gasteiger partial charge in [-0.3, -0.25) is 4.90 Å². The third kappa shape index (κ3) is 3.43. The molecule has 2 N–H and O–H groups in total. The molecule has 3 rings (SSSR count). The first-order valence-corrected chi connectivity index (χ1v) is 10.4. The van der Waals surface area contributed by atoms with Gasteiger partial charge in [-0.15, -0.1) is 11.3 Å². The van der Waals surface area contributed by atoms with Crippen molar-refractivity contribution in [3.05, 3.63) is 39.2 Å². The fourth-order valence-electron chi connectivity index (χ4n) is 4.18. The zero-order valence-corrected chi connectivity index (χ0v) is 17.9. The molecule has 1 aliphatic heterocycles. The van der Waals surface area contributed by atoms with E-state index in [1.807, 2.05) is 0 Å². The third-order valence-corrected chi connectivity index (χ3v) is 6.95. The molecule has 2 aliphatic rings. The number of halogens is 6. The topological polar surface area (TPSA) is 79.3 Å². The Bertz CT molecular complexity index is 1030. The van der Waals surface area contributed by atoms with E-state index in [-0.39, 0.29) is 16.6 Å². The highest BCUT2D eigenvalue weighted by Gasteiger charge is 2.73. The number of alkyl halides is 6. The Balaban J connectivity index is 2.32. The molecular weight excluding hydrogens is 460 g/mol. The Labute approximate surface area is 183 Å². The van der Waals surface area contributed by atoms with E-state index in [0.717, 1.165) is 60.5 Å². The molecule has 1 aromatic rings. The number of esters is 1. The number of aryl methyl sites for hydroxylation is 1. The van der Waals surface area contributed by atoms with Gasteiger partial charge < -0.3 is 10.5 Å². The van der Waals surface area contributed by atoms with E-state index in [1.54, 1.807) is 0 Å². The number of hydrogen-bond acceptors (Lipinski definition) is 6. The number of thiophene rings is 1. The monoisotopic (exact) mass is 479 g/mol. The lowest BCUT2D eigenvalue weighted by Crippen LogP contribution is -2.54. The summed E-state index contributed by atoms with van der Waals surface area (Å²) in [5, 5.41) is 9.41. The summed E-state index contributed by atoms with van der Waals surface area (Å²) >= 11 is 1.06. The maximum absolute atomic E-state index is 13.8. The lowest BCUT2D eigenvalue weighted by atomic mass is 9.76. The van der Waals surface area contributed by atoms with E-state index in [9.17, 15) is 36.4 Å². The van der Waals surface area contributed by atoms with E-state index in [0.29, 0.717) is 18.4 Å². The van der Waals surface area contributed by atoms with Crippen molar-refractivity contribution >= 4 is 22.3 Å². The van der Waals surface area contributed by atoms with Crippen LogP contribution in [0.15, 0.2) is 23.2 Å². The summed E-state index contributed by atoms with van der Waals surface area (Å²) in [4.78, 5) is 14.3. The van der Waals surface area contributed by atoms with Crippen LogP contribution in [0.4, 0.5) is 31.3 Å². The van der Waals surface area contributed by atoms with Gasteiger partial charge in [0.1, 0.15) is 16.9 Å². The van der Waals surface area contributed by atoms with Crippen LogP contribution in [0.3, 0.4) is 0 Å². The van der Waals surface area contributed by atoms with Crippen molar-refractivity contribution in [3.8, 4) is 6.07 Å². The molecule has 12 heteroatoms. The summed E-state index contributed by atoms with van der Waals surface area (Å²) in [5.41, 5.74) is -0.230. The molecule has 1 aliphatic carbocycles. The molecule has 0 fully saturated rings. The van der Waals surface area contributed by atoms with Gasteiger partial charge in [0.15, 0.2) is 0 Å². The van der Waals surface area contributed by atoms with E-state index in [2.05, 4.69) is 0 Å². The average Bonchev–Trinajstić information content (AvgIpc) is 2.87. The van der Waals surface area contributed by atoms with Crippen molar-refractivity contribution in [3.63, 3.8) is 0 Å². The van der Waals surface area contributed by atoms with Gasteiger partial charge in [-0.1, -0.05) is 6.42 Å². The van der Waals surface area contributed by atoms with E-state index < -0.39 is 40.8 Å². The lowest BCUT2D eigenvalue weighted by Gasteiger charge is -2.41. The predicted molar refractivity (Wildman–Crippen MR) is 105 cm³/mol. The first kappa shape index (κ1) is 24.0. The minimum Gasteiger partial charge on any atom is -0.465 e. The van der Waals surface area contributed by atoms with Gasteiger partial charge in [0.05, 0.1) is 18.2 Å². The quantitative estimate of drug-likeness (QED) is 0.352. The van der Waals surface area contributed by atoms with E-state index >= 15 is 0 Å². The van der Waals surface area contributed by atoms with Gasteiger partial charge >= 0.3 is 18.3 Å². The van der Waals surface area contributed by atoms with Crippen LogP contribution in [0.1, 0.15) is 47.0 Å². The van der Waals surface area contributed by atoms with Crippen LogP contribution in [0, 0.1) is 16.7 Å². The minimum atomic E-state index is -5.87. The van der Waals surface area contributed by atoms with E-state index in [1.165, 1.54) is 0 Å². The Morgan fingerprint density at radius 2 is 1.78 bits per heavy atom. The summed E-state index contributed by atoms with van der Waals surface area (Å²) in [6, 6.07) is 1.03. The molecule has 0 aromatic carbocycles. The Hall–Kier alpha value is -2.68. The van der Waals surface area contributed by atoms with Gasteiger partial charge in [-0.25, -0.2) is 4.79 Å². The standard InChI is InChI=1S/C20H19F6N3O2S/c1-10-8-18(19(21,22)23,20(24,25)26)12(9-27)15(28)29(10)16-14(17(30)31-2)11-6-4-3-5-7-13(11)32-16/h8H,3-7,28H2,1-2H3. The van der Waals surface area contributed by atoms with Gasteiger partial charge in [0, 0.05) is 10.6 Å². The first-order chi connectivity index (χ1) is 14.8. The minimum absolute atomic E-state index is 0.0423. The average molecular weight is 479 g/mol. The van der Waals surface area contributed by atoms with Gasteiger partial charge in [-0.2, -0.15) is 31.6 Å². The number of hydrogen-bond donors (Lipinski definition) is 1. The van der Waals surface area contributed by atoms with Gasteiger partial charge in [0.2, 0.25) is 5.41 Å². The second-order valence-corrected chi connectivity index (χ2v) is 8.62. The van der Waals surface area contributed by atoms with Crippen LogP contribution in [-0.4, -0.2) is 25.4 Å². The molecule has 0 radical (unpaired) electrons. The van der Waals surface area contributed by atoms with Crippen molar-refractivity contribution < 1.29 is 35.9 Å². The molecular formula is C20H19F6N3O2S. The van der Waals surface area contributed by atoms with Crippen LogP contribution < -0.4 is 10.6 Å². The molecule has 0 atom stereocenters. The first-order valence-electron chi connectivity index (χ1n) is 9.58. The molecule has 0 unspecified atom stereocenters. The molecule has 0 amide bonds. The summed E-state index contributed by atoms with van der Waals surface area (Å²) in [5.74, 6) is -1.80. The number of nitriles is 1. The number of carbonyl (C=O) groups is 1. The Morgan fingerprint density at radius 1 is 1.19 bits per heavy atom. The zero-order valence-electron chi connectivity index (χ0n) is 17.1. The molecule has 0 bridgehead atoms. The summed E-state index contributed by atoms with van der Waals surface area (Å²) in [6.45, 7) is 1.03. The smallest absolute Gasteiger partial charge is 0.411 e. The summed E-state index contributed by atoms with van der Waals surface area (Å²) in [6.07, 6.45) is -8.17. The van der Waals surface area contributed by atoms with Crippen LogP contribution >= 0.6 is 11.3 Å². The van der Waals surface area contributed by atoms with Crippen molar-refractivity contribution in [2.24, 2.45) is 11.1 Å². The van der Waals surface area contributed by atoms with Crippen molar-refractivity contribution in [1.29, 1.82) is 5.26 Å². The van der Waals surface area contributed by atoms with Crippen LogP contribution in [0.25, 0.3) is 0 Å². The number of allylic oxidation sites excluding steroid dienone is 3. The number of nitrogens with two attached hydrogens (primary N) is 1. The predicted octanol–water partition coefficient (Wildman–Crippen LogP) is 5.33. The molecule has 0 saturated carbocycles. The molecule has 1 aromatic heterocycles. The van der Waals surface area contributed by atoms with Gasteiger partial charge in [0.25, 0.3) is 0 Å². The highest BCUT2D eigenvalue weighted by atomic mass is 32.1. The number of methoxy groups -OCH3 is 1. The second-order valence-electron chi connectivity index (χ2n) is 7.53. The summed E-state index contributed by atoms with van der Waals surface area (Å²) < 4.78 is 87.7. The highest BCUT2D eigenvalue weighted by Crippen LogP contribution is 2.59. The normalized spacial score (nSPS) is 19.1. The fourth-order valence-corrected chi connectivity index (χ4v) is 5.62. The number of carbonyl (C=O) groups excluding carboxylic acids is 1. The van der Waals surface area contributed by atoms with Crippen molar-refractivity contribution in [1.82, 2.24) is 0 Å². The molecule has 5 nitrogen and oxygen atoms in total. The number of nitrogens with zero attached hydrogens (tertiary/aromatic N) is 2. The molecule has 0 saturated heterocycles. The molecule has 2 heterocycles. The Morgan fingerprint density at radius 3 is 2.31 bits per heavy atom. The lowest BCUT2D eigenvalue weighted by molar-refractivity contribution is -0.306. The largest absolute Gasteiger partial charge is 0.465 e.